The molecule has 0 saturated carbocycles. The topological polar surface area (TPSA) is 76.0 Å². The van der Waals surface area contributed by atoms with E-state index in [0.717, 1.165) is 23.9 Å². The van der Waals surface area contributed by atoms with Crippen LogP contribution in [-0.2, 0) is 22.7 Å². The average Bonchev–Trinajstić information content (AvgIpc) is 2.89. The smallest absolute Gasteiger partial charge is 0.240 e. The number of benzene rings is 1. The van der Waals surface area contributed by atoms with E-state index in [9.17, 15) is 9.59 Å². The molecule has 2 rings (SSSR count). The van der Waals surface area contributed by atoms with Gasteiger partial charge in [-0.25, -0.2) is 4.98 Å². The Hall–Kier alpha value is -2.37. The molecule has 0 aliphatic rings. The van der Waals surface area contributed by atoms with Crippen molar-refractivity contribution >= 4 is 22.8 Å². The van der Waals surface area contributed by atoms with Crippen LogP contribution in [0.3, 0.4) is 0 Å². The number of aromatic nitrogens is 2. The van der Waals surface area contributed by atoms with Gasteiger partial charge in [-0.05, 0) is 25.0 Å². The van der Waals surface area contributed by atoms with Crippen LogP contribution in [-0.4, -0.2) is 27.9 Å². The van der Waals surface area contributed by atoms with E-state index in [4.69, 9.17) is 0 Å². The lowest BCUT2D eigenvalue weighted by Gasteiger charge is -2.10. The highest BCUT2D eigenvalue weighted by Crippen LogP contribution is 2.16. The maximum absolute atomic E-state index is 12.1. The summed E-state index contributed by atoms with van der Waals surface area (Å²) in [6.07, 6.45) is 2.20. The zero-order valence-corrected chi connectivity index (χ0v) is 13.8. The van der Waals surface area contributed by atoms with E-state index in [1.54, 1.807) is 0 Å². The number of nitrogens with one attached hydrogen (secondary N) is 2. The van der Waals surface area contributed by atoms with Gasteiger partial charge in [0.2, 0.25) is 11.8 Å². The molecule has 2 N–H and O–H groups in total. The van der Waals surface area contributed by atoms with Gasteiger partial charge in [0.15, 0.2) is 0 Å². The van der Waals surface area contributed by atoms with E-state index >= 15 is 0 Å². The number of nitrogens with zero attached hydrogens (tertiary/aromatic N) is 2. The molecule has 2 aromatic rings. The van der Waals surface area contributed by atoms with Crippen LogP contribution in [0.25, 0.3) is 11.0 Å². The normalized spacial score (nSPS) is 10.7. The number of fused-ring (bicyclic) bond motifs is 1. The highest BCUT2D eigenvalue weighted by atomic mass is 16.2. The first-order valence-electron chi connectivity index (χ1n) is 8.13. The summed E-state index contributed by atoms with van der Waals surface area (Å²) in [5.74, 6) is 0.653. The largest absolute Gasteiger partial charge is 0.355 e. The highest BCUT2D eigenvalue weighted by molar-refractivity contribution is 5.81. The molecule has 6 nitrogen and oxygen atoms in total. The number of carbonyl (C=O) groups is 2. The minimum atomic E-state index is -0.0452. The number of carbonyl (C=O) groups excluding carboxylic acids is 2. The van der Waals surface area contributed by atoms with Gasteiger partial charge in [0, 0.05) is 13.0 Å². The third-order valence-electron chi connectivity index (χ3n) is 3.53. The lowest BCUT2D eigenvalue weighted by atomic mass is 10.3. The minimum Gasteiger partial charge on any atom is -0.355 e. The SMILES string of the molecule is CCCNC(=O)Cn1c(CNC(=O)CCC)nc2ccccc21. The summed E-state index contributed by atoms with van der Waals surface area (Å²) < 4.78 is 1.87. The molecule has 124 valence electrons. The van der Waals surface area contributed by atoms with Crippen molar-refractivity contribution in [1.29, 1.82) is 0 Å². The predicted octanol–water partition coefficient (Wildman–Crippen LogP) is 1.98. The van der Waals surface area contributed by atoms with Crippen LogP contribution in [0.2, 0.25) is 0 Å². The lowest BCUT2D eigenvalue weighted by molar-refractivity contribution is -0.121. The third kappa shape index (κ3) is 4.55. The van der Waals surface area contributed by atoms with E-state index in [1.807, 2.05) is 42.7 Å². The summed E-state index contributed by atoms with van der Waals surface area (Å²) in [6, 6.07) is 7.68. The Kier molecular flexibility index (Phi) is 6.14. The lowest BCUT2D eigenvalue weighted by Crippen LogP contribution is -2.30. The van der Waals surface area contributed by atoms with Crippen LogP contribution in [0.5, 0.6) is 0 Å². The molecule has 0 radical (unpaired) electrons. The maximum Gasteiger partial charge on any atom is 0.240 e. The molecule has 6 heteroatoms. The Morgan fingerprint density at radius 2 is 1.87 bits per heavy atom. The standard InChI is InChI=1S/C17H24N4O2/c1-3-7-16(22)19-11-15-20-13-8-5-6-9-14(13)21(15)12-17(23)18-10-4-2/h5-6,8-9H,3-4,7,10-12H2,1-2H3,(H,18,23)(H,19,22). The Labute approximate surface area is 136 Å². The van der Waals surface area contributed by atoms with E-state index < -0.39 is 0 Å². The number of imidazole rings is 1. The number of hydrogen-bond donors (Lipinski definition) is 2. The van der Waals surface area contributed by atoms with Gasteiger partial charge in [-0.15, -0.1) is 0 Å². The van der Waals surface area contributed by atoms with Crippen molar-refractivity contribution in [2.75, 3.05) is 6.54 Å². The molecule has 1 aromatic carbocycles. The van der Waals surface area contributed by atoms with Crippen molar-refractivity contribution < 1.29 is 9.59 Å². The van der Waals surface area contributed by atoms with E-state index in [1.165, 1.54) is 0 Å². The zero-order valence-electron chi connectivity index (χ0n) is 13.8. The van der Waals surface area contributed by atoms with Gasteiger partial charge in [0.05, 0.1) is 17.6 Å². The molecule has 0 bridgehead atoms. The minimum absolute atomic E-state index is 0.00143. The number of amides is 2. The summed E-state index contributed by atoms with van der Waals surface area (Å²) in [5.41, 5.74) is 1.73. The van der Waals surface area contributed by atoms with Gasteiger partial charge in [0.1, 0.15) is 12.4 Å². The van der Waals surface area contributed by atoms with Crippen LogP contribution in [0.1, 0.15) is 38.9 Å². The Bertz CT molecular complexity index is 678. The Balaban J connectivity index is 2.19. The van der Waals surface area contributed by atoms with Gasteiger partial charge in [0.25, 0.3) is 0 Å². The highest BCUT2D eigenvalue weighted by Gasteiger charge is 2.13. The summed E-state index contributed by atoms with van der Waals surface area (Å²) in [6.45, 7) is 5.18. The second kappa shape index (κ2) is 8.31. The number of hydrogen-bond acceptors (Lipinski definition) is 3. The van der Waals surface area contributed by atoms with Crippen molar-refractivity contribution in [2.45, 2.75) is 46.2 Å². The molecule has 0 spiro atoms. The molecule has 23 heavy (non-hydrogen) atoms. The molecule has 0 fully saturated rings. The zero-order chi connectivity index (χ0) is 16.7. The molecule has 0 aliphatic heterocycles. The van der Waals surface area contributed by atoms with Crippen molar-refractivity contribution in [2.24, 2.45) is 0 Å². The quantitative estimate of drug-likeness (QED) is 0.782. The van der Waals surface area contributed by atoms with Crippen LogP contribution >= 0.6 is 0 Å². The van der Waals surface area contributed by atoms with E-state index in [-0.39, 0.29) is 18.4 Å². The second-order valence-electron chi connectivity index (χ2n) is 5.48. The van der Waals surface area contributed by atoms with E-state index in [2.05, 4.69) is 15.6 Å². The van der Waals surface area contributed by atoms with Crippen molar-refractivity contribution in [3.8, 4) is 0 Å². The molecule has 1 heterocycles. The molecule has 0 saturated heterocycles. The Morgan fingerprint density at radius 3 is 2.61 bits per heavy atom. The summed E-state index contributed by atoms with van der Waals surface area (Å²) in [4.78, 5) is 28.3. The van der Waals surface area contributed by atoms with Gasteiger partial charge in [-0.2, -0.15) is 0 Å². The van der Waals surface area contributed by atoms with Gasteiger partial charge in [-0.1, -0.05) is 26.0 Å². The second-order valence-corrected chi connectivity index (χ2v) is 5.48. The fourth-order valence-corrected chi connectivity index (χ4v) is 2.39. The summed E-state index contributed by atoms with van der Waals surface area (Å²) in [7, 11) is 0. The molecule has 0 unspecified atom stereocenters. The first kappa shape index (κ1) is 17.0. The van der Waals surface area contributed by atoms with Crippen LogP contribution in [0.15, 0.2) is 24.3 Å². The fraction of sp³-hybridized carbons (Fsp3) is 0.471. The first-order valence-corrected chi connectivity index (χ1v) is 8.13. The predicted molar refractivity (Wildman–Crippen MR) is 89.8 cm³/mol. The van der Waals surface area contributed by atoms with Gasteiger partial charge in [-0.3, -0.25) is 9.59 Å². The molecule has 1 aromatic heterocycles. The molecule has 2 amide bonds. The fourth-order valence-electron chi connectivity index (χ4n) is 2.39. The Morgan fingerprint density at radius 1 is 1.09 bits per heavy atom. The molecule has 0 aliphatic carbocycles. The third-order valence-corrected chi connectivity index (χ3v) is 3.53. The van der Waals surface area contributed by atoms with Gasteiger partial charge < -0.3 is 15.2 Å². The van der Waals surface area contributed by atoms with Crippen molar-refractivity contribution in [3.63, 3.8) is 0 Å². The van der Waals surface area contributed by atoms with Crippen LogP contribution in [0, 0.1) is 0 Å². The van der Waals surface area contributed by atoms with Crippen molar-refractivity contribution in [3.05, 3.63) is 30.1 Å². The first-order chi connectivity index (χ1) is 11.2. The maximum atomic E-state index is 12.1. The molecular weight excluding hydrogens is 292 g/mol. The summed E-state index contributed by atoms with van der Waals surface area (Å²) in [5, 5.41) is 5.74. The monoisotopic (exact) mass is 316 g/mol. The van der Waals surface area contributed by atoms with Crippen molar-refractivity contribution in [1.82, 2.24) is 20.2 Å². The van der Waals surface area contributed by atoms with Gasteiger partial charge >= 0.3 is 0 Å². The summed E-state index contributed by atoms with van der Waals surface area (Å²) >= 11 is 0. The van der Waals surface area contributed by atoms with Crippen LogP contribution in [0.4, 0.5) is 0 Å². The number of para-hydroxylation sites is 2. The average molecular weight is 316 g/mol. The molecular formula is C17H24N4O2. The van der Waals surface area contributed by atoms with Crippen LogP contribution < -0.4 is 10.6 Å². The van der Waals surface area contributed by atoms with E-state index in [0.29, 0.717) is 25.3 Å². The number of rotatable bonds is 8. The molecule has 0 atom stereocenters.